The third-order valence-corrected chi connectivity index (χ3v) is 5.06. The quantitative estimate of drug-likeness (QED) is 0.782. The van der Waals surface area contributed by atoms with Gasteiger partial charge in [0.25, 0.3) is 0 Å². The molecule has 14 heavy (non-hydrogen) atoms. The molecular formula is C11H9NS2. The molecule has 0 bridgehead atoms. The highest BCUT2D eigenvalue weighted by Gasteiger charge is 2.24. The molecule has 0 aliphatic carbocycles. The van der Waals surface area contributed by atoms with Gasteiger partial charge in [-0.3, -0.25) is 0 Å². The lowest BCUT2D eigenvalue weighted by molar-refractivity contribution is 1.22. The smallest absolute Gasteiger partial charge is 0.0994 e. The highest BCUT2D eigenvalue weighted by Crippen LogP contribution is 2.55. The maximum Gasteiger partial charge on any atom is 0.0994 e. The zero-order valence-electron chi connectivity index (χ0n) is 7.44. The number of fused-ring (bicyclic) bond motifs is 1. The minimum atomic E-state index is 0.502. The summed E-state index contributed by atoms with van der Waals surface area (Å²) in [5.74, 6) is 0. The van der Waals surface area contributed by atoms with Crippen LogP contribution in [0.25, 0.3) is 0 Å². The third kappa shape index (κ3) is 1.37. The number of thioether (sulfide) groups is 2. The zero-order chi connectivity index (χ0) is 9.38. The number of rotatable bonds is 1. The first kappa shape index (κ1) is 8.50. The lowest BCUT2D eigenvalue weighted by atomic mass is 10.4. The number of hydrogen-bond donors (Lipinski definition) is 1. The summed E-state index contributed by atoms with van der Waals surface area (Å²) in [5, 5.41) is 0. The standard InChI is InChI=1S/C11H9NS2/c1-2-6-10-9(5-1)13-11(14-10)8-4-3-7-12-8/h1-7,11-12H. The summed E-state index contributed by atoms with van der Waals surface area (Å²) in [5.41, 5.74) is 1.30. The molecule has 0 saturated carbocycles. The predicted molar refractivity (Wildman–Crippen MR) is 61.7 cm³/mol. The molecule has 1 aromatic carbocycles. The van der Waals surface area contributed by atoms with Crippen molar-refractivity contribution in [3.63, 3.8) is 0 Å². The first-order chi connectivity index (χ1) is 6.93. The van der Waals surface area contributed by atoms with Crippen molar-refractivity contribution in [3.8, 4) is 0 Å². The SMILES string of the molecule is c1c[nH]c(C2Sc3ccccc3S2)c1. The second-order valence-corrected chi connectivity index (χ2v) is 5.73. The molecule has 1 aliphatic heterocycles. The lowest BCUT2D eigenvalue weighted by Gasteiger charge is -2.03. The minimum absolute atomic E-state index is 0.502. The first-order valence-electron chi connectivity index (χ1n) is 4.49. The highest BCUT2D eigenvalue weighted by molar-refractivity contribution is 8.18. The Bertz CT molecular complexity index is 411. The van der Waals surface area contributed by atoms with Gasteiger partial charge in [0, 0.05) is 21.7 Å². The van der Waals surface area contributed by atoms with E-state index in [1.165, 1.54) is 15.5 Å². The number of hydrogen-bond acceptors (Lipinski definition) is 2. The summed E-state index contributed by atoms with van der Waals surface area (Å²) in [7, 11) is 0. The van der Waals surface area contributed by atoms with Gasteiger partial charge in [0.15, 0.2) is 0 Å². The molecule has 0 saturated heterocycles. The molecule has 1 N–H and O–H groups in total. The zero-order valence-corrected chi connectivity index (χ0v) is 9.07. The van der Waals surface area contributed by atoms with Crippen molar-refractivity contribution in [3.05, 3.63) is 48.3 Å². The predicted octanol–water partition coefficient (Wildman–Crippen LogP) is 3.91. The molecule has 0 fully saturated rings. The number of aromatic amines is 1. The van der Waals surface area contributed by atoms with Gasteiger partial charge in [-0.05, 0) is 24.3 Å². The van der Waals surface area contributed by atoms with Crippen molar-refractivity contribution in [1.29, 1.82) is 0 Å². The molecule has 70 valence electrons. The monoisotopic (exact) mass is 219 g/mol. The van der Waals surface area contributed by atoms with Gasteiger partial charge in [0.2, 0.25) is 0 Å². The molecule has 0 spiro atoms. The summed E-state index contributed by atoms with van der Waals surface area (Å²) in [6.45, 7) is 0. The number of aromatic nitrogens is 1. The fraction of sp³-hybridized carbons (Fsp3) is 0.0909. The molecule has 2 aromatic rings. The molecule has 0 amide bonds. The fourth-order valence-electron chi connectivity index (χ4n) is 1.52. The van der Waals surface area contributed by atoms with E-state index in [2.05, 4.69) is 41.4 Å². The molecule has 1 aromatic heterocycles. The molecule has 0 radical (unpaired) electrons. The van der Waals surface area contributed by atoms with Crippen molar-refractivity contribution in [2.24, 2.45) is 0 Å². The summed E-state index contributed by atoms with van der Waals surface area (Å²) in [6.07, 6.45) is 1.99. The Hall–Kier alpha value is -0.800. The van der Waals surface area contributed by atoms with Crippen molar-refractivity contribution in [2.75, 3.05) is 0 Å². The Balaban J connectivity index is 1.92. The molecule has 3 heteroatoms. The van der Waals surface area contributed by atoms with Crippen LogP contribution in [0.1, 0.15) is 10.3 Å². The largest absolute Gasteiger partial charge is 0.363 e. The van der Waals surface area contributed by atoms with E-state index < -0.39 is 0 Å². The van der Waals surface area contributed by atoms with Crippen LogP contribution < -0.4 is 0 Å². The van der Waals surface area contributed by atoms with Crippen LogP contribution in [0.15, 0.2) is 52.4 Å². The first-order valence-corrected chi connectivity index (χ1v) is 6.25. The van der Waals surface area contributed by atoms with Gasteiger partial charge in [0.1, 0.15) is 0 Å². The molecule has 1 nitrogen and oxygen atoms in total. The number of nitrogens with one attached hydrogen (secondary N) is 1. The van der Waals surface area contributed by atoms with Crippen LogP contribution in [0.5, 0.6) is 0 Å². The second kappa shape index (κ2) is 3.41. The van der Waals surface area contributed by atoms with E-state index in [0.717, 1.165) is 0 Å². The Labute approximate surface area is 91.3 Å². The van der Waals surface area contributed by atoms with Crippen molar-refractivity contribution in [1.82, 2.24) is 4.98 Å². The summed E-state index contributed by atoms with van der Waals surface area (Å²) in [6, 6.07) is 12.8. The Morgan fingerprint density at radius 1 is 0.929 bits per heavy atom. The van der Waals surface area contributed by atoms with Crippen LogP contribution in [0.4, 0.5) is 0 Å². The van der Waals surface area contributed by atoms with Gasteiger partial charge in [-0.15, -0.1) is 23.5 Å². The average Bonchev–Trinajstić information content (AvgIpc) is 2.86. The van der Waals surface area contributed by atoms with E-state index in [0.29, 0.717) is 4.58 Å². The van der Waals surface area contributed by atoms with E-state index in [9.17, 15) is 0 Å². The maximum absolute atomic E-state index is 3.27. The molecule has 3 rings (SSSR count). The van der Waals surface area contributed by atoms with E-state index >= 15 is 0 Å². The number of benzene rings is 1. The maximum atomic E-state index is 3.27. The van der Waals surface area contributed by atoms with Gasteiger partial charge in [0.05, 0.1) is 4.58 Å². The minimum Gasteiger partial charge on any atom is -0.363 e. The van der Waals surface area contributed by atoms with Crippen LogP contribution >= 0.6 is 23.5 Å². The van der Waals surface area contributed by atoms with E-state index in [1.54, 1.807) is 0 Å². The van der Waals surface area contributed by atoms with Gasteiger partial charge in [-0.1, -0.05) is 12.1 Å². The van der Waals surface area contributed by atoms with Crippen LogP contribution in [0, 0.1) is 0 Å². The molecule has 1 aliphatic rings. The third-order valence-electron chi connectivity index (χ3n) is 2.19. The highest BCUT2D eigenvalue weighted by atomic mass is 32.2. The van der Waals surface area contributed by atoms with Gasteiger partial charge in [-0.25, -0.2) is 0 Å². The van der Waals surface area contributed by atoms with E-state index in [1.807, 2.05) is 29.7 Å². The molecule has 2 heterocycles. The Morgan fingerprint density at radius 3 is 2.21 bits per heavy atom. The Kier molecular flexibility index (Phi) is 2.07. The van der Waals surface area contributed by atoms with Gasteiger partial charge >= 0.3 is 0 Å². The topological polar surface area (TPSA) is 15.8 Å². The Morgan fingerprint density at radius 2 is 1.64 bits per heavy atom. The van der Waals surface area contributed by atoms with Crippen LogP contribution in [0.2, 0.25) is 0 Å². The van der Waals surface area contributed by atoms with Crippen molar-refractivity contribution in [2.45, 2.75) is 14.4 Å². The number of H-pyrrole nitrogens is 1. The van der Waals surface area contributed by atoms with Crippen LogP contribution in [0.3, 0.4) is 0 Å². The molecule has 0 unspecified atom stereocenters. The van der Waals surface area contributed by atoms with Gasteiger partial charge in [-0.2, -0.15) is 0 Å². The second-order valence-electron chi connectivity index (χ2n) is 3.14. The summed E-state index contributed by atoms with van der Waals surface area (Å²) < 4.78 is 0.502. The fourth-order valence-corrected chi connectivity index (χ4v) is 4.31. The van der Waals surface area contributed by atoms with Crippen molar-refractivity contribution >= 4 is 23.5 Å². The van der Waals surface area contributed by atoms with E-state index in [4.69, 9.17) is 0 Å². The van der Waals surface area contributed by atoms with Crippen molar-refractivity contribution < 1.29 is 0 Å². The van der Waals surface area contributed by atoms with Crippen LogP contribution in [-0.2, 0) is 0 Å². The van der Waals surface area contributed by atoms with Gasteiger partial charge < -0.3 is 4.98 Å². The van der Waals surface area contributed by atoms with E-state index in [-0.39, 0.29) is 0 Å². The molecular weight excluding hydrogens is 210 g/mol. The lowest BCUT2D eigenvalue weighted by Crippen LogP contribution is -1.82. The summed E-state index contributed by atoms with van der Waals surface area (Å²) in [4.78, 5) is 6.07. The normalized spacial score (nSPS) is 15.7. The van der Waals surface area contributed by atoms with Crippen LogP contribution in [-0.4, -0.2) is 4.98 Å². The summed E-state index contributed by atoms with van der Waals surface area (Å²) >= 11 is 3.85. The molecule has 0 atom stereocenters. The average molecular weight is 219 g/mol.